The summed E-state index contributed by atoms with van der Waals surface area (Å²) in [5.74, 6) is 3.19. The highest BCUT2D eigenvalue weighted by Gasteiger charge is 2.39. The van der Waals surface area contributed by atoms with Crippen LogP contribution in [0, 0.1) is 0 Å². The minimum Gasteiger partial charge on any atom is -0.463 e. The fraction of sp³-hybridized carbons (Fsp3) is 0.346. The van der Waals surface area contributed by atoms with Gasteiger partial charge in [0.15, 0.2) is 0 Å². The van der Waals surface area contributed by atoms with Crippen LogP contribution >= 0.6 is 0 Å². The Morgan fingerprint density at radius 3 is 2.43 bits per heavy atom. The van der Waals surface area contributed by atoms with Crippen molar-refractivity contribution in [2.24, 2.45) is 0 Å². The quantitative estimate of drug-likeness (QED) is 0.617. The lowest BCUT2D eigenvalue weighted by Gasteiger charge is -2.26. The summed E-state index contributed by atoms with van der Waals surface area (Å²) in [7, 11) is 4.06. The van der Waals surface area contributed by atoms with Gasteiger partial charge in [-0.15, -0.1) is 0 Å². The summed E-state index contributed by atoms with van der Waals surface area (Å²) in [6.07, 6.45) is 2.05. The SMILES string of the molecule is CN(C)Cc1cc2c(o1)CN(C(=O)c1ccc(C3CC3c3ccccc3)cc1)CC2. The molecule has 0 saturated heterocycles. The van der Waals surface area contributed by atoms with Gasteiger partial charge in [0.1, 0.15) is 11.5 Å². The lowest BCUT2D eigenvalue weighted by Crippen LogP contribution is -2.35. The highest BCUT2D eigenvalue weighted by molar-refractivity contribution is 5.94. The van der Waals surface area contributed by atoms with E-state index in [9.17, 15) is 4.79 Å². The summed E-state index contributed by atoms with van der Waals surface area (Å²) >= 11 is 0. The number of carbonyl (C=O) groups excluding carboxylic acids is 1. The minimum atomic E-state index is 0.0909. The van der Waals surface area contributed by atoms with E-state index in [0.717, 1.165) is 36.6 Å². The van der Waals surface area contributed by atoms with Crippen LogP contribution in [0.3, 0.4) is 0 Å². The molecule has 1 aliphatic carbocycles. The molecule has 3 aromatic rings. The number of carbonyl (C=O) groups is 1. The fourth-order valence-electron chi connectivity index (χ4n) is 4.63. The zero-order valence-electron chi connectivity index (χ0n) is 17.7. The Balaban J connectivity index is 1.24. The first-order valence-corrected chi connectivity index (χ1v) is 10.8. The molecule has 2 atom stereocenters. The van der Waals surface area contributed by atoms with E-state index in [-0.39, 0.29) is 5.91 Å². The third-order valence-electron chi connectivity index (χ3n) is 6.30. The molecule has 2 aromatic carbocycles. The van der Waals surface area contributed by atoms with Crippen molar-refractivity contribution in [3.8, 4) is 0 Å². The number of nitrogens with zero attached hydrogens (tertiary/aromatic N) is 2. The first-order valence-electron chi connectivity index (χ1n) is 10.8. The van der Waals surface area contributed by atoms with Crippen LogP contribution in [0.1, 0.15) is 56.8 Å². The molecule has 154 valence electrons. The van der Waals surface area contributed by atoms with Crippen molar-refractivity contribution in [1.29, 1.82) is 0 Å². The molecule has 2 aliphatic rings. The Labute approximate surface area is 178 Å². The number of fused-ring (bicyclic) bond motifs is 1. The van der Waals surface area contributed by atoms with Crippen LogP contribution in [0.4, 0.5) is 0 Å². The molecule has 0 spiro atoms. The zero-order valence-corrected chi connectivity index (χ0v) is 17.7. The average Bonchev–Trinajstić information content (AvgIpc) is 3.46. The minimum absolute atomic E-state index is 0.0909. The molecule has 0 N–H and O–H groups in total. The molecule has 2 heterocycles. The third kappa shape index (κ3) is 3.80. The summed E-state index contributed by atoms with van der Waals surface area (Å²) in [5, 5.41) is 0. The summed E-state index contributed by atoms with van der Waals surface area (Å²) in [6.45, 7) is 2.09. The predicted octanol–water partition coefficient (Wildman–Crippen LogP) is 4.81. The lowest BCUT2D eigenvalue weighted by atomic mass is 10.0. The first-order chi connectivity index (χ1) is 14.6. The molecule has 5 rings (SSSR count). The Kier molecular flexibility index (Phi) is 4.95. The Bertz CT molecular complexity index is 1040. The highest BCUT2D eigenvalue weighted by Crippen LogP contribution is 2.54. The van der Waals surface area contributed by atoms with Crippen molar-refractivity contribution >= 4 is 5.91 Å². The maximum Gasteiger partial charge on any atom is 0.254 e. The maximum absolute atomic E-state index is 13.1. The van der Waals surface area contributed by atoms with E-state index in [1.165, 1.54) is 23.1 Å². The molecule has 1 aromatic heterocycles. The van der Waals surface area contributed by atoms with Gasteiger partial charge in [0.25, 0.3) is 5.91 Å². The van der Waals surface area contributed by atoms with Gasteiger partial charge in [-0.1, -0.05) is 42.5 Å². The summed E-state index contributed by atoms with van der Waals surface area (Å²) in [6, 6.07) is 21.1. The Hall–Kier alpha value is -2.85. The standard InChI is InChI=1S/C26H28N2O2/c1-27(2)16-22-14-21-12-13-28(17-25(21)30-22)26(29)20-10-8-19(9-11-20)24-15-23(24)18-6-4-3-5-7-18/h3-11,14,23-24H,12-13,15-17H2,1-2H3. The second-order valence-corrected chi connectivity index (χ2v) is 8.86. The normalized spacial score (nSPS) is 20.3. The van der Waals surface area contributed by atoms with E-state index in [0.29, 0.717) is 18.4 Å². The molecule has 1 aliphatic heterocycles. The van der Waals surface area contributed by atoms with Crippen LogP contribution in [0.5, 0.6) is 0 Å². The van der Waals surface area contributed by atoms with E-state index < -0.39 is 0 Å². The van der Waals surface area contributed by atoms with Crippen LogP contribution in [0.2, 0.25) is 0 Å². The molecule has 0 bridgehead atoms. The highest BCUT2D eigenvalue weighted by atomic mass is 16.3. The van der Waals surface area contributed by atoms with E-state index in [1.807, 2.05) is 31.1 Å². The number of hydrogen-bond acceptors (Lipinski definition) is 3. The van der Waals surface area contributed by atoms with E-state index >= 15 is 0 Å². The van der Waals surface area contributed by atoms with Gasteiger partial charge in [-0.3, -0.25) is 4.79 Å². The van der Waals surface area contributed by atoms with E-state index in [4.69, 9.17) is 4.42 Å². The Morgan fingerprint density at radius 1 is 1.03 bits per heavy atom. The van der Waals surface area contributed by atoms with Crippen molar-refractivity contribution in [2.45, 2.75) is 37.8 Å². The monoisotopic (exact) mass is 400 g/mol. The molecule has 4 heteroatoms. The number of amides is 1. The molecular weight excluding hydrogens is 372 g/mol. The second kappa shape index (κ2) is 7.77. The van der Waals surface area contributed by atoms with Crippen molar-refractivity contribution in [1.82, 2.24) is 9.80 Å². The van der Waals surface area contributed by atoms with Crippen LogP contribution < -0.4 is 0 Å². The van der Waals surface area contributed by atoms with Crippen LogP contribution in [0.25, 0.3) is 0 Å². The number of hydrogen-bond donors (Lipinski definition) is 0. The number of rotatable bonds is 5. The van der Waals surface area contributed by atoms with E-state index in [2.05, 4.69) is 53.4 Å². The van der Waals surface area contributed by atoms with Crippen molar-refractivity contribution in [3.63, 3.8) is 0 Å². The van der Waals surface area contributed by atoms with Gasteiger partial charge >= 0.3 is 0 Å². The van der Waals surface area contributed by atoms with Crippen molar-refractivity contribution < 1.29 is 9.21 Å². The van der Waals surface area contributed by atoms with Crippen LogP contribution in [-0.2, 0) is 19.5 Å². The predicted molar refractivity (Wildman–Crippen MR) is 118 cm³/mol. The second-order valence-electron chi connectivity index (χ2n) is 8.86. The zero-order chi connectivity index (χ0) is 20.7. The van der Waals surface area contributed by atoms with E-state index in [1.54, 1.807) is 0 Å². The van der Waals surface area contributed by atoms with Gasteiger partial charge in [0.05, 0.1) is 13.1 Å². The van der Waals surface area contributed by atoms with Crippen molar-refractivity contribution in [2.75, 3.05) is 20.6 Å². The van der Waals surface area contributed by atoms with Crippen LogP contribution in [-0.4, -0.2) is 36.3 Å². The van der Waals surface area contributed by atoms with Gasteiger partial charge < -0.3 is 14.2 Å². The Morgan fingerprint density at radius 2 is 1.73 bits per heavy atom. The van der Waals surface area contributed by atoms with Gasteiger partial charge in [0, 0.05) is 12.1 Å². The molecule has 30 heavy (non-hydrogen) atoms. The summed E-state index contributed by atoms with van der Waals surface area (Å²) in [4.78, 5) is 17.1. The van der Waals surface area contributed by atoms with Gasteiger partial charge in [-0.2, -0.15) is 0 Å². The third-order valence-corrected chi connectivity index (χ3v) is 6.30. The molecule has 1 amide bonds. The fourth-order valence-corrected chi connectivity index (χ4v) is 4.63. The topological polar surface area (TPSA) is 36.7 Å². The van der Waals surface area contributed by atoms with Gasteiger partial charge in [-0.25, -0.2) is 0 Å². The molecule has 2 unspecified atom stereocenters. The van der Waals surface area contributed by atoms with Crippen LogP contribution in [0.15, 0.2) is 65.1 Å². The summed E-state index contributed by atoms with van der Waals surface area (Å²) in [5.41, 5.74) is 4.76. The number of furan rings is 1. The molecule has 0 radical (unpaired) electrons. The smallest absolute Gasteiger partial charge is 0.254 e. The molecule has 1 fully saturated rings. The lowest BCUT2D eigenvalue weighted by molar-refractivity contribution is 0.0718. The van der Waals surface area contributed by atoms with Gasteiger partial charge in [0.2, 0.25) is 0 Å². The van der Waals surface area contributed by atoms with Gasteiger partial charge in [-0.05, 0) is 73.7 Å². The molecule has 1 saturated carbocycles. The molecular formula is C26H28N2O2. The maximum atomic E-state index is 13.1. The molecule has 4 nitrogen and oxygen atoms in total. The average molecular weight is 401 g/mol. The first kappa shape index (κ1) is 19.1. The van der Waals surface area contributed by atoms with Crippen molar-refractivity contribution in [3.05, 3.63) is 94.4 Å². The summed E-state index contributed by atoms with van der Waals surface area (Å²) < 4.78 is 6.01. The largest absolute Gasteiger partial charge is 0.463 e. The number of benzene rings is 2.